The van der Waals surface area contributed by atoms with Crippen LogP contribution in [-0.2, 0) is 28.6 Å². The molecule has 6 heteroatoms. The molecule has 0 aliphatic heterocycles. The van der Waals surface area contributed by atoms with E-state index in [-0.39, 0.29) is 31.1 Å². The molecule has 64 heavy (non-hydrogen) atoms. The van der Waals surface area contributed by atoms with E-state index in [0.29, 0.717) is 19.3 Å². The lowest BCUT2D eigenvalue weighted by molar-refractivity contribution is -0.167. The van der Waals surface area contributed by atoms with E-state index in [1.807, 2.05) is 0 Å². The largest absolute Gasteiger partial charge is 0.462 e. The Morgan fingerprint density at radius 2 is 0.547 bits per heavy atom. The maximum Gasteiger partial charge on any atom is 0.306 e. The summed E-state index contributed by atoms with van der Waals surface area (Å²) in [4.78, 5) is 38.1. The van der Waals surface area contributed by atoms with E-state index >= 15 is 0 Å². The molecule has 0 bridgehead atoms. The summed E-state index contributed by atoms with van der Waals surface area (Å²) < 4.78 is 16.9. The third kappa shape index (κ3) is 48.3. The minimum atomic E-state index is -0.764. The Morgan fingerprint density at radius 1 is 0.312 bits per heavy atom. The number of carbonyl (C=O) groups is 3. The van der Waals surface area contributed by atoms with Crippen LogP contribution >= 0.6 is 0 Å². The molecule has 0 aromatic heterocycles. The Labute approximate surface area is 399 Å². The molecule has 0 heterocycles. The minimum absolute atomic E-state index is 0.0638. The molecule has 0 radical (unpaired) electrons. The van der Waals surface area contributed by atoms with E-state index in [0.717, 1.165) is 75.5 Å². The van der Waals surface area contributed by atoms with Gasteiger partial charge in [-0.1, -0.05) is 279 Å². The normalized spacial score (nSPS) is 13.0. The first kappa shape index (κ1) is 62.4. The zero-order valence-corrected chi connectivity index (χ0v) is 44.1. The SMILES string of the molecule is CCC(C)CCCCCCCCCCCCCCCCC(=O)OC[C@H](COC(=O)CCCCCCCCCCCCCC(C)C)OC(=O)CCCCCCCCCCCCC(C)CC. The molecule has 0 fully saturated rings. The molecule has 0 saturated heterocycles. The van der Waals surface area contributed by atoms with Crippen LogP contribution in [0.1, 0.15) is 318 Å². The Balaban J connectivity index is 4.31. The lowest BCUT2D eigenvalue weighted by Crippen LogP contribution is -2.30. The molecular formula is C58H112O6. The standard InChI is InChI=1S/C58H112O6/c1-7-53(5)45-39-33-27-21-15-11-9-10-12-16-23-29-35-41-47-56(59)62-50-55(64-58(61)49-43-37-31-25-19-18-22-28-34-40-46-54(6)8-2)51-63-57(60)48-42-36-30-24-17-13-14-20-26-32-38-44-52(3)4/h52-55H,7-51H2,1-6H3/t53?,54?,55-/m1/s1. The monoisotopic (exact) mass is 905 g/mol. The molecule has 2 unspecified atom stereocenters. The van der Waals surface area contributed by atoms with E-state index < -0.39 is 6.10 Å². The first-order chi connectivity index (χ1) is 31.2. The highest BCUT2D eigenvalue weighted by Gasteiger charge is 2.19. The Hall–Kier alpha value is -1.59. The average Bonchev–Trinajstić information content (AvgIpc) is 3.28. The van der Waals surface area contributed by atoms with Crippen LogP contribution in [0.3, 0.4) is 0 Å². The van der Waals surface area contributed by atoms with Crippen molar-refractivity contribution in [3.8, 4) is 0 Å². The number of hydrogen-bond donors (Lipinski definition) is 0. The minimum Gasteiger partial charge on any atom is -0.462 e. The molecule has 0 spiro atoms. The Kier molecular flexibility index (Phi) is 48.1. The van der Waals surface area contributed by atoms with Crippen molar-refractivity contribution in [1.29, 1.82) is 0 Å². The number of esters is 3. The maximum atomic E-state index is 12.8. The number of carbonyl (C=O) groups excluding carboxylic acids is 3. The molecule has 6 nitrogen and oxygen atoms in total. The summed E-state index contributed by atoms with van der Waals surface area (Å²) in [6.07, 6.45) is 50.8. The van der Waals surface area contributed by atoms with Gasteiger partial charge in [-0.3, -0.25) is 14.4 Å². The highest BCUT2D eigenvalue weighted by molar-refractivity contribution is 5.71. The summed E-state index contributed by atoms with van der Waals surface area (Å²) in [5.74, 6) is 1.74. The van der Waals surface area contributed by atoms with E-state index in [1.54, 1.807) is 0 Å². The van der Waals surface area contributed by atoms with Crippen molar-refractivity contribution < 1.29 is 28.6 Å². The molecule has 0 aliphatic rings. The third-order valence-corrected chi connectivity index (χ3v) is 13.9. The van der Waals surface area contributed by atoms with Crippen LogP contribution in [0.5, 0.6) is 0 Å². The van der Waals surface area contributed by atoms with Crippen molar-refractivity contribution in [3.63, 3.8) is 0 Å². The van der Waals surface area contributed by atoms with Crippen LogP contribution in [0, 0.1) is 17.8 Å². The molecule has 380 valence electrons. The molecular weight excluding hydrogens is 793 g/mol. The van der Waals surface area contributed by atoms with Gasteiger partial charge in [-0.2, -0.15) is 0 Å². The highest BCUT2D eigenvalue weighted by atomic mass is 16.6. The second kappa shape index (κ2) is 49.3. The molecule has 0 aromatic carbocycles. The van der Waals surface area contributed by atoms with Gasteiger partial charge in [0.05, 0.1) is 0 Å². The zero-order chi connectivity index (χ0) is 47.0. The molecule has 3 atom stereocenters. The maximum absolute atomic E-state index is 12.8. The van der Waals surface area contributed by atoms with Gasteiger partial charge in [0.1, 0.15) is 13.2 Å². The van der Waals surface area contributed by atoms with Gasteiger partial charge >= 0.3 is 17.9 Å². The summed E-state index contributed by atoms with van der Waals surface area (Å²) in [6, 6.07) is 0. The fraction of sp³-hybridized carbons (Fsp3) is 0.948. The molecule has 0 amide bonds. The quantitative estimate of drug-likeness (QED) is 0.0344. The van der Waals surface area contributed by atoms with Crippen molar-refractivity contribution in [2.75, 3.05) is 13.2 Å². The Morgan fingerprint density at radius 3 is 0.812 bits per heavy atom. The topological polar surface area (TPSA) is 78.9 Å². The van der Waals surface area contributed by atoms with Gasteiger partial charge in [-0.25, -0.2) is 0 Å². The molecule has 0 saturated carbocycles. The predicted octanol–water partition coefficient (Wildman–Crippen LogP) is 18.7. The number of unbranched alkanes of at least 4 members (excludes halogenated alkanes) is 32. The average molecular weight is 906 g/mol. The van der Waals surface area contributed by atoms with Crippen molar-refractivity contribution in [1.82, 2.24) is 0 Å². The van der Waals surface area contributed by atoms with Gasteiger partial charge in [-0.05, 0) is 37.0 Å². The van der Waals surface area contributed by atoms with Gasteiger partial charge < -0.3 is 14.2 Å². The number of rotatable bonds is 51. The van der Waals surface area contributed by atoms with E-state index in [4.69, 9.17) is 14.2 Å². The predicted molar refractivity (Wildman–Crippen MR) is 275 cm³/mol. The van der Waals surface area contributed by atoms with Crippen LogP contribution in [-0.4, -0.2) is 37.2 Å². The third-order valence-electron chi connectivity index (χ3n) is 13.9. The summed E-state index contributed by atoms with van der Waals surface area (Å²) in [6.45, 7) is 13.8. The van der Waals surface area contributed by atoms with Crippen LogP contribution < -0.4 is 0 Å². The van der Waals surface area contributed by atoms with Crippen molar-refractivity contribution in [2.45, 2.75) is 324 Å². The summed E-state index contributed by atoms with van der Waals surface area (Å²) in [5.41, 5.74) is 0. The second-order valence-electron chi connectivity index (χ2n) is 20.9. The van der Waals surface area contributed by atoms with Gasteiger partial charge in [0.15, 0.2) is 6.10 Å². The van der Waals surface area contributed by atoms with Gasteiger partial charge in [0.25, 0.3) is 0 Å². The van der Waals surface area contributed by atoms with Crippen molar-refractivity contribution in [2.24, 2.45) is 17.8 Å². The van der Waals surface area contributed by atoms with Crippen molar-refractivity contribution >= 4 is 17.9 Å². The van der Waals surface area contributed by atoms with E-state index in [1.165, 1.54) is 199 Å². The number of ether oxygens (including phenoxy) is 3. The summed E-state index contributed by atoms with van der Waals surface area (Å²) >= 11 is 0. The molecule has 0 rings (SSSR count). The fourth-order valence-corrected chi connectivity index (χ4v) is 8.76. The lowest BCUT2D eigenvalue weighted by Gasteiger charge is -2.18. The van der Waals surface area contributed by atoms with Gasteiger partial charge in [0, 0.05) is 19.3 Å². The molecule has 0 aromatic rings. The first-order valence-electron chi connectivity index (χ1n) is 28.7. The second-order valence-corrected chi connectivity index (χ2v) is 20.9. The van der Waals surface area contributed by atoms with Gasteiger partial charge in [-0.15, -0.1) is 0 Å². The summed E-state index contributed by atoms with van der Waals surface area (Å²) in [5, 5.41) is 0. The molecule has 0 N–H and O–H groups in total. The smallest absolute Gasteiger partial charge is 0.306 e. The first-order valence-corrected chi connectivity index (χ1v) is 28.7. The highest BCUT2D eigenvalue weighted by Crippen LogP contribution is 2.19. The van der Waals surface area contributed by atoms with E-state index in [2.05, 4.69) is 41.5 Å². The number of hydrogen-bond acceptors (Lipinski definition) is 6. The van der Waals surface area contributed by atoms with Crippen LogP contribution in [0.25, 0.3) is 0 Å². The van der Waals surface area contributed by atoms with Gasteiger partial charge in [0.2, 0.25) is 0 Å². The van der Waals surface area contributed by atoms with Crippen LogP contribution in [0.15, 0.2) is 0 Å². The Bertz CT molecular complexity index is 995. The zero-order valence-electron chi connectivity index (χ0n) is 44.1. The van der Waals surface area contributed by atoms with Crippen molar-refractivity contribution in [3.05, 3.63) is 0 Å². The lowest BCUT2D eigenvalue weighted by atomic mass is 9.99. The van der Waals surface area contributed by atoms with Crippen LogP contribution in [0.4, 0.5) is 0 Å². The fourth-order valence-electron chi connectivity index (χ4n) is 8.76. The van der Waals surface area contributed by atoms with E-state index in [9.17, 15) is 14.4 Å². The summed E-state index contributed by atoms with van der Waals surface area (Å²) in [7, 11) is 0. The molecule has 0 aliphatic carbocycles. The van der Waals surface area contributed by atoms with Crippen LogP contribution in [0.2, 0.25) is 0 Å².